The summed E-state index contributed by atoms with van der Waals surface area (Å²) in [5.41, 5.74) is 4.76. The maximum Gasteiger partial charge on any atom is 0.335 e. The normalized spacial score (nSPS) is 38.0. The van der Waals surface area contributed by atoms with Crippen LogP contribution in [-0.2, 0) is 9.59 Å². The highest BCUT2D eigenvalue weighted by molar-refractivity contribution is 5.88. The van der Waals surface area contributed by atoms with Crippen LogP contribution in [0.1, 0.15) is 122 Å². The van der Waals surface area contributed by atoms with Crippen molar-refractivity contribution in [3.05, 3.63) is 53.6 Å². The van der Waals surface area contributed by atoms with Gasteiger partial charge in [0, 0.05) is 19.1 Å². The van der Waals surface area contributed by atoms with E-state index in [1.165, 1.54) is 43.3 Å². The van der Waals surface area contributed by atoms with Crippen LogP contribution in [0.2, 0.25) is 0 Å². The number of carbonyl (C=O) groups is 3. The summed E-state index contributed by atoms with van der Waals surface area (Å²) in [5.74, 6) is 1.55. The quantitative estimate of drug-likeness (QED) is 0.167. The number of carboxylic acid groups (broad SMARTS) is 2. The van der Waals surface area contributed by atoms with E-state index < -0.39 is 11.9 Å². The lowest BCUT2D eigenvalue weighted by Gasteiger charge is -2.71. The monoisotopic (exact) mass is 700 g/mol. The molecule has 0 saturated heterocycles. The third-order valence-electron chi connectivity index (χ3n) is 16.3. The van der Waals surface area contributed by atoms with Crippen LogP contribution in [-0.4, -0.2) is 70.6 Å². The molecule has 2 N–H and O–H groups in total. The standard InChI is InChI=1S/C44H64N2O5/c1-9-45(26-38(48)49)23-10-24-46(27-47)35-25-32(28(2)3)39-31(35)17-21-43(7)34(39)15-16-37-42(6)20-18-33(29-11-13-30(14-12-29)40(50)51)41(4,5)36(42)19-22-44(37,43)8/h11-14,18,27,31-32,34-37,39H,2,9-10,15-17,19-26H2,1,3-8H3,(H,48,49)(H,50,51)/t31?,32-,34+,35-,36-,37+,39+,42-,43+,44+/m0/s1. The van der Waals surface area contributed by atoms with E-state index in [1.807, 2.05) is 24.0 Å². The molecule has 7 nitrogen and oxygen atoms in total. The lowest BCUT2D eigenvalue weighted by molar-refractivity contribution is -0.216. The van der Waals surface area contributed by atoms with Crippen molar-refractivity contribution in [2.24, 2.45) is 57.2 Å². The number of amides is 1. The molecule has 0 radical (unpaired) electrons. The van der Waals surface area contributed by atoms with Crippen LogP contribution in [0.25, 0.3) is 5.57 Å². The lowest BCUT2D eigenvalue weighted by atomic mass is 9.33. The number of carbonyl (C=O) groups excluding carboxylic acids is 1. The first kappa shape index (κ1) is 37.8. The fourth-order valence-electron chi connectivity index (χ4n) is 13.8. The van der Waals surface area contributed by atoms with Crippen molar-refractivity contribution in [2.75, 3.05) is 26.2 Å². The van der Waals surface area contributed by atoms with Crippen molar-refractivity contribution in [3.63, 3.8) is 0 Å². The molecule has 0 spiro atoms. The Balaban J connectivity index is 1.24. The molecule has 4 fully saturated rings. The molecule has 0 bridgehead atoms. The van der Waals surface area contributed by atoms with Gasteiger partial charge >= 0.3 is 11.9 Å². The molecule has 5 aliphatic carbocycles. The second kappa shape index (κ2) is 13.8. The van der Waals surface area contributed by atoms with Crippen molar-refractivity contribution in [1.82, 2.24) is 9.80 Å². The Bertz CT molecular complexity index is 1550. The van der Waals surface area contributed by atoms with E-state index >= 15 is 0 Å². The molecule has 0 aliphatic heterocycles. The first-order valence-electron chi connectivity index (χ1n) is 19.9. The number of allylic oxidation sites excluding steroid dienone is 3. The Labute approximate surface area is 306 Å². The highest BCUT2D eigenvalue weighted by atomic mass is 16.4. The Morgan fingerprint density at radius 3 is 2.24 bits per heavy atom. The van der Waals surface area contributed by atoms with Gasteiger partial charge in [0.2, 0.25) is 6.41 Å². The number of hydrogen-bond donors (Lipinski definition) is 2. The molecule has 6 rings (SSSR count). The van der Waals surface area contributed by atoms with Crippen molar-refractivity contribution in [1.29, 1.82) is 0 Å². The average molecular weight is 701 g/mol. The predicted molar refractivity (Wildman–Crippen MR) is 203 cm³/mol. The van der Waals surface area contributed by atoms with Crippen LogP contribution in [0.5, 0.6) is 0 Å². The van der Waals surface area contributed by atoms with E-state index in [0.29, 0.717) is 60.7 Å². The van der Waals surface area contributed by atoms with Gasteiger partial charge in [-0.3, -0.25) is 14.5 Å². The molecule has 1 aromatic rings. The van der Waals surface area contributed by atoms with Crippen LogP contribution >= 0.6 is 0 Å². The highest BCUT2D eigenvalue weighted by Gasteiger charge is 2.69. The summed E-state index contributed by atoms with van der Waals surface area (Å²) < 4.78 is 0. The van der Waals surface area contributed by atoms with Crippen molar-refractivity contribution in [3.8, 4) is 0 Å². The maximum atomic E-state index is 12.7. The topological polar surface area (TPSA) is 98.2 Å². The first-order chi connectivity index (χ1) is 24.0. The molecule has 1 unspecified atom stereocenters. The highest BCUT2D eigenvalue weighted by Crippen LogP contribution is 2.76. The molecule has 280 valence electrons. The number of aliphatic carboxylic acids is 1. The molecule has 4 saturated carbocycles. The number of likely N-dealkylation sites (N-methyl/N-ethyl adjacent to an activating group) is 1. The van der Waals surface area contributed by atoms with Crippen LogP contribution < -0.4 is 0 Å². The first-order valence-corrected chi connectivity index (χ1v) is 19.9. The van der Waals surface area contributed by atoms with E-state index in [-0.39, 0.29) is 34.2 Å². The van der Waals surface area contributed by atoms with Crippen LogP contribution in [0, 0.1) is 57.2 Å². The summed E-state index contributed by atoms with van der Waals surface area (Å²) in [7, 11) is 0. The Morgan fingerprint density at radius 1 is 0.941 bits per heavy atom. The third kappa shape index (κ3) is 6.11. The largest absolute Gasteiger partial charge is 0.480 e. The summed E-state index contributed by atoms with van der Waals surface area (Å²) in [6.45, 7) is 23.7. The van der Waals surface area contributed by atoms with Gasteiger partial charge in [-0.2, -0.15) is 0 Å². The van der Waals surface area contributed by atoms with Gasteiger partial charge in [-0.1, -0.05) is 71.9 Å². The van der Waals surface area contributed by atoms with E-state index in [9.17, 15) is 24.6 Å². The van der Waals surface area contributed by atoms with E-state index in [1.54, 1.807) is 12.1 Å². The van der Waals surface area contributed by atoms with E-state index in [0.717, 1.165) is 37.7 Å². The number of aromatic carboxylic acids is 1. The molecule has 1 amide bonds. The molecule has 10 atom stereocenters. The fourth-order valence-corrected chi connectivity index (χ4v) is 13.8. The SMILES string of the molecule is C=C(C)[C@@H]1C[C@H](N(C=O)CCCN(CC)CC(=O)O)C2CC[C@]3(C)[C@H](CC[C@@H]4[C@@]5(C)CC=C(c6ccc(C(=O)O)cc6)C(C)(C)[C@@H]5CC[C@]43C)[C@H]21. The Hall–Kier alpha value is -2.93. The molecule has 0 aromatic heterocycles. The average Bonchev–Trinajstić information content (AvgIpc) is 3.46. The summed E-state index contributed by atoms with van der Waals surface area (Å²) in [6.07, 6.45) is 13.7. The van der Waals surface area contributed by atoms with Crippen LogP contribution in [0.3, 0.4) is 0 Å². The summed E-state index contributed by atoms with van der Waals surface area (Å²) in [5, 5.41) is 18.8. The van der Waals surface area contributed by atoms with Crippen LogP contribution in [0.15, 0.2) is 42.5 Å². The number of nitrogens with zero attached hydrogens (tertiary/aromatic N) is 2. The van der Waals surface area contributed by atoms with Gasteiger partial charge < -0.3 is 15.1 Å². The molecule has 5 aliphatic rings. The third-order valence-corrected chi connectivity index (χ3v) is 16.3. The van der Waals surface area contributed by atoms with Gasteiger partial charge in [0.25, 0.3) is 0 Å². The van der Waals surface area contributed by atoms with Gasteiger partial charge in [0.15, 0.2) is 0 Å². The van der Waals surface area contributed by atoms with Crippen molar-refractivity contribution >= 4 is 23.9 Å². The van der Waals surface area contributed by atoms with Gasteiger partial charge in [-0.25, -0.2) is 4.79 Å². The summed E-state index contributed by atoms with van der Waals surface area (Å²) in [6, 6.07) is 7.74. The van der Waals surface area contributed by atoms with E-state index in [2.05, 4.69) is 59.1 Å². The minimum Gasteiger partial charge on any atom is -0.480 e. The Morgan fingerprint density at radius 2 is 1.63 bits per heavy atom. The molecular weight excluding hydrogens is 636 g/mol. The van der Waals surface area contributed by atoms with Crippen molar-refractivity contribution < 1.29 is 24.6 Å². The van der Waals surface area contributed by atoms with E-state index in [4.69, 9.17) is 0 Å². The van der Waals surface area contributed by atoms with Crippen LogP contribution in [0.4, 0.5) is 0 Å². The Kier molecular flexibility index (Phi) is 10.2. The molecular formula is C44H64N2O5. The summed E-state index contributed by atoms with van der Waals surface area (Å²) >= 11 is 0. The van der Waals surface area contributed by atoms with Gasteiger partial charge in [0.05, 0.1) is 12.1 Å². The number of rotatable bonds is 12. The minimum atomic E-state index is -0.882. The second-order valence-electron chi connectivity index (χ2n) is 18.6. The fraction of sp³-hybridized carbons (Fsp3) is 0.705. The number of hydrogen-bond acceptors (Lipinski definition) is 4. The number of benzene rings is 1. The predicted octanol–water partition coefficient (Wildman–Crippen LogP) is 8.90. The second-order valence-corrected chi connectivity index (χ2v) is 18.6. The molecule has 0 heterocycles. The maximum absolute atomic E-state index is 12.7. The zero-order valence-electron chi connectivity index (χ0n) is 32.4. The molecule has 1 aromatic carbocycles. The smallest absolute Gasteiger partial charge is 0.335 e. The van der Waals surface area contributed by atoms with Gasteiger partial charge in [0.1, 0.15) is 0 Å². The minimum absolute atomic E-state index is 0.0156. The number of carboxylic acids is 2. The van der Waals surface area contributed by atoms with Gasteiger partial charge in [-0.05, 0) is 152 Å². The van der Waals surface area contributed by atoms with Gasteiger partial charge in [-0.15, -0.1) is 0 Å². The summed E-state index contributed by atoms with van der Waals surface area (Å²) in [4.78, 5) is 39.6. The molecule has 7 heteroatoms. The zero-order chi connectivity index (χ0) is 37.1. The number of fused-ring (bicyclic) bond motifs is 7. The van der Waals surface area contributed by atoms with Crippen molar-refractivity contribution in [2.45, 2.75) is 112 Å². The lowest BCUT2D eigenvalue weighted by Crippen LogP contribution is -2.64. The zero-order valence-corrected chi connectivity index (χ0v) is 32.4. The molecule has 51 heavy (non-hydrogen) atoms.